The average molecular weight is 382 g/mol. The van der Waals surface area contributed by atoms with Gasteiger partial charge in [-0.3, -0.25) is 14.9 Å². The SMILES string of the molecule is CS(=O)(=O)c1ccc(C(=O)OCC(=O)NCc2ccco2)cc1[N+](=O)[O-]. The first-order chi connectivity index (χ1) is 12.2. The van der Waals surface area contributed by atoms with Crippen LogP contribution in [0.1, 0.15) is 16.1 Å². The monoisotopic (exact) mass is 382 g/mol. The number of hydrogen-bond donors (Lipinski definition) is 1. The maximum absolute atomic E-state index is 11.9. The summed E-state index contributed by atoms with van der Waals surface area (Å²) < 4.78 is 32.9. The van der Waals surface area contributed by atoms with Crippen molar-refractivity contribution in [3.63, 3.8) is 0 Å². The number of nitro benzene ring substituents is 1. The Morgan fingerprint density at radius 2 is 2.04 bits per heavy atom. The maximum Gasteiger partial charge on any atom is 0.338 e. The van der Waals surface area contributed by atoms with Crippen molar-refractivity contribution in [2.75, 3.05) is 12.9 Å². The molecular weight excluding hydrogens is 368 g/mol. The van der Waals surface area contributed by atoms with Gasteiger partial charge in [-0.15, -0.1) is 0 Å². The Bertz CT molecular complexity index is 935. The van der Waals surface area contributed by atoms with E-state index in [-0.39, 0.29) is 12.1 Å². The van der Waals surface area contributed by atoms with Crippen LogP contribution in [0.25, 0.3) is 0 Å². The van der Waals surface area contributed by atoms with Gasteiger partial charge in [0.2, 0.25) is 0 Å². The Kier molecular flexibility index (Phi) is 5.72. The zero-order chi connectivity index (χ0) is 19.3. The number of nitrogens with zero attached hydrogens (tertiary/aromatic N) is 1. The molecule has 0 atom stereocenters. The van der Waals surface area contributed by atoms with E-state index in [9.17, 15) is 28.1 Å². The van der Waals surface area contributed by atoms with Crippen molar-refractivity contribution >= 4 is 27.4 Å². The first kappa shape index (κ1) is 19.1. The lowest BCUT2D eigenvalue weighted by Gasteiger charge is -2.07. The first-order valence-corrected chi connectivity index (χ1v) is 9.02. The van der Waals surface area contributed by atoms with Crippen molar-refractivity contribution in [2.45, 2.75) is 11.4 Å². The molecule has 1 N–H and O–H groups in total. The molecule has 1 aromatic heterocycles. The smallest absolute Gasteiger partial charge is 0.338 e. The van der Waals surface area contributed by atoms with Gasteiger partial charge in [0.1, 0.15) is 10.7 Å². The normalized spacial score (nSPS) is 11.0. The van der Waals surface area contributed by atoms with E-state index in [1.165, 1.54) is 6.26 Å². The molecule has 1 aromatic carbocycles. The van der Waals surface area contributed by atoms with Crippen molar-refractivity contribution in [1.82, 2.24) is 5.32 Å². The molecule has 11 heteroatoms. The molecule has 0 radical (unpaired) electrons. The Hall–Kier alpha value is -3.21. The van der Waals surface area contributed by atoms with Crippen LogP contribution in [0.2, 0.25) is 0 Å². The van der Waals surface area contributed by atoms with E-state index in [0.29, 0.717) is 5.76 Å². The molecule has 26 heavy (non-hydrogen) atoms. The second-order valence-corrected chi connectivity index (χ2v) is 7.13. The number of amides is 1. The lowest BCUT2D eigenvalue weighted by molar-refractivity contribution is -0.387. The molecule has 0 saturated carbocycles. The molecule has 0 fully saturated rings. The van der Waals surface area contributed by atoms with Gasteiger partial charge in [-0.2, -0.15) is 0 Å². The molecule has 10 nitrogen and oxygen atoms in total. The van der Waals surface area contributed by atoms with Crippen molar-refractivity contribution in [2.24, 2.45) is 0 Å². The molecule has 1 amide bonds. The summed E-state index contributed by atoms with van der Waals surface area (Å²) in [7, 11) is -3.84. The van der Waals surface area contributed by atoms with E-state index in [4.69, 9.17) is 9.15 Å². The van der Waals surface area contributed by atoms with Gasteiger partial charge in [-0.1, -0.05) is 0 Å². The number of carbonyl (C=O) groups excluding carboxylic acids is 2. The van der Waals surface area contributed by atoms with E-state index < -0.39 is 43.8 Å². The van der Waals surface area contributed by atoms with E-state index in [0.717, 1.165) is 24.5 Å². The molecule has 2 rings (SSSR count). The lowest BCUT2D eigenvalue weighted by Crippen LogP contribution is -2.28. The van der Waals surface area contributed by atoms with E-state index in [2.05, 4.69) is 5.32 Å². The van der Waals surface area contributed by atoms with Gasteiger partial charge < -0.3 is 14.5 Å². The van der Waals surface area contributed by atoms with Gasteiger partial charge in [0.25, 0.3) is 11.6 Å². The minimum atomic E-state index is -3.84. The van der Waals surface area contributed by atoms with E-state index in [1.54, 1.807) is 12.1 Å². The van der Waals surface area contributed by atoms with Gasteiger partial charge in [0.15, 0.2) is 16.4 Å². The van der Waals surface area contributed by atoms with Gasteiger partial charge >= 0.3 is 5.97 Å². The number of furan rings is 1. The Balaban J connectivity index is 2.01. The summed E-state index contributed by atoms with van der Waals surface area (Å²) in [6.45, 7) is -0.501. The van der Waals surface area contributed by atoms with Crippen molar-refractivity contribution in [1.29, 1.82) is 0 Å². The van der Waals surface area contributed by atoms with Gasteiger partial charge in [-0.25, -0.2) is 13.2 Å². The summed E-state index contributed by atoms with van der Waals surface area (Å²) in [5.41, 5.74) is -0.993. The third kappa shape index (κ3) is 4.89. The summed E-state index contributed by atoms with van der Waals surface area (Å²) in [4.78, 5) is 33.1. The number of hydrogen-bond acceptors (Lipinski definition) is 8. The fourth-order valence-corrected chi connectivity index (χ4v) is 2.79. The van der Waals surface area contributed by atoms with Crippen molar-refractivity contribution < 1.29 is 32.1 Å². The predicted octanol–water partition coefficient (Wildman–Crippen LogP) is 1.06. The summed E-state index contributed by atoms with van der Waals surface area (Å²) >= 11 is 0. The molecule has 0 aliphatic rings. The highest BCUT2D eigenvalue weighted by Crippen LogP contribution is 2.25. The summed E-state index contributed by atoms with van der Waals surface area (Å²) in [6.07, 6.45) is 2.26. The van der Waals surface area contributed by atoms with E-state index >= 15 is 0 Å². The standard InChI is InChI=1S/C15H14N2O8S/c1-26(22,23)13-5-4-10(7-12(13)17(20)21)15(19)25-9-14(18)16-8-11-3-2-6-24-11/h2-7H,8-9H2,1H3,(H,16,18). The third-order valence-corrected chi connectivity index (χ3v) is 4.31. The summed E-state index contributed by atoms with van der Waals surface area (Å²) in [6, 6.07) is 6.11. The van der Waals surface area contributed by atoms with Crippen LogP contribution in [0.15, 0.2) is 45.9 Å². The molecule has 0 saturated heterocycles. The van der Waals surface area contributed by atoms with Crippen LogP contribution in [0.5, 0.6) is 0 Å². The fraction of sp³-hybridized carbons (Fsp3) is 0.200. The van der Waals surface area contributed by atoms with Gasteiger partial charge in [0, 0.05) is 12.3 Å². The Morgan fingerprint density at radius 3 is 2.62 bits per heavy atom. The second kappa shape index (κ2) is 7.78. The highest BCUT2D eigenvalue weighted by atomic mass is 32.2. The van der Waals surface area contributed by atoms with Crippen LogP contribution < -0.4 is 5.32 Å². The van der Waals surface area contributed by atoms with Crippen LogP contribution in [0.4, 0.5) is 5.69 Å². The number of nitro groups is 1. The maximum atomic E-state index is 11.9. The molecule has 2 aromatic rings. The quantitative estimate of drug-likeness (QED) is 0.425. The number of esters is 1. The van der Waals surface area contributed by atoms with Crippen LogP contribution in [-0.2, 0) is 25.9 Å². The molecular formula is C15H14N2O8S. The number of rotatable bonds is 7. The predicted molar refractivity (Wildman–Crippen MR) is 87.0 cm³/mol. The largest absolute Gasteiger partial charge is 0.467 e. The highest BCUT2D eigenvalue weighted by molar-refractivity contribution is 7.90. The van der Waals surface area contributed by atoms with Gasteiger partial charge in [-0.05, 0) is 24.3 Å². The third-order valence-electron chi connectivity index (χ3n) is 3.17. The zero-order valence-electron chi connectivity index (χ0n) is 13.5. The molecule has 138 valence electrons. The number of ether oxygens (including phenoxy) is 1. The van der Waals surface area contributed by atoms with Gasteiger partial charge in [0.05, 0.1) is 23.3 Å². The average Bonchev–Trinajstić information content (AvgIpc) is 3.10. The minimum Gasteiger partial charge on any atom is -0.467 e. The summed E-state index contributed by atoms with van der Waals surface area (Å²) in [5.74, 6) is -1.09. The molecule has 0 aliphatic heterocycles. The van der Waals surface area contributed by atoms with Crippen molar-refractivity contribution in [3.05, 3.63) is 58.0 Å². The molecule has 0 bridgehead atoms. The molecule has 0 aliphatic carbocycles. The molecule has 0 unspecified atom stereocenters. The Labute approximate surface area is 147 Å². The molecule has 0 spiro atoms. The second-order valence-electron chi connectivity index (χ2n) is 5.14. The first-order valence-electron chi connectivity index (χ1n) is 7.13. The lowest BCUT2D eigenvalue weighted by atomic mass is 10.2. The van der Waals surface area contributed by atoms with Crippen molar-refractivity contribution in [3.8, 4) is 0 Å². The highest BCUT2D eigenvalue weighted by Gasteiger charge is 2.24. The fourth-order valence-electron chi connectivity index (χ4n) is 1.96. The topological polar surface area (TPSA) is 146 Å². The molecule has 1 heterocycles. The van der Waals surface area contributed by atoms with Crippen LogP contribution in [-0.4, -0.2) is 38.1 Å². The number of nitrogens with one attached hydrogen (secondary N) is 1. The summed E-state index contributed by atoms with van der Waals surface area (Å²) in [5, 5.41) is 13.5. The van der Waals surface area contributed by atoms with E-state index in [1.807, 2.05) is 0 Å². The minimum absolute atomic E-state index is 0.109. The van der Waals surface area contributed by atoms with Crippen LogP contribution in [0.3, 0.4) is 0 Å². The van der Waals surface area contributed by atoms with Crippen LogP contribution in [0, 0.1) is 10.1 Å². The Morgan fingerprint density at radius 1 is 1.31 bits per heavy atom. The zero-order valence-corrected chi connectivity index (χ0v) is 14.3. The number of benzene rings is 1. The number of carbonyl (C=O) groups is 2. The van der Waals surface area contributed by atoms with Crippen LogP contribution >= 0.6 is 0 Å². The number of sulfone groups is 1.